The first-order valence-electron chi connectivity index (χ1n) is 10.6. The third-order valence-corrected chi connectivity index (χ3v) is 7.56. The number of ether oxygens (including phenoxy) is 1. The first-order chi connectivity index (χ1) is 14.2. The van der Waals surface area contributed by atoms with E-state index in [1.807, 2.05) is 13.8 Å². The molecule has 9 heteroatoms. The number of fused-ring (bicyclic) bond motifs is 1. The number of carboxylic acids is 1. The van der Waals surface area contributed by atoms with E-state index in [1.54, 1.807) is 11.0 Å². The van der Waals surface area contributed by atoms with Gasteiger partial charge in [0.1, 0.15) is 11.6 Å². The first-order valence-corrected chi connectivity index (χ1v) is 11.5. The van der Waals surface area contributed by atoms with Crippen LogP contribution in [0.2, 0.25) is 0 Å². The van der Waals surface area contributed by atoms with Crippen molar-refractivity contribution in [1.29, 1.82) is 0 Å². The molecule has 0 radical (unpaired) electrons. The van der Waals surface area contributed by atoms with Crippen molar-refractivity contribution in [2.24, 2.45) is 11.8 Å². The van der Waals surface area contributed by atoms with Gasteiger partial charge in [-0.25, -0.2) is 0 Å². The van der Waals surface area contributed by atoms with Crippen molar-refractivity contribution in [3.8, 4) is 0 Å². The predicted molar refractivity (Wildman–Crippen MR) is 113 cm³/mol. The quantitative estimate of drug-likeness (QED) is 0.357. The third kappa shape index (κ3) is 3.48. The molecule has 3 fully saturated rings. The van der Waals surface area contributed by atoms with Gasteiger partial charge < -0.3 is 24.7 Å². The van der Waals surface area contributed by atoms with Crippen LogP contribution in [0.25, 0.3) is 0 Å². The number of carbonyl (C=O) groups is 3. The highest BCUT2D eigenvalue weighted by molar-refractivity contribution is 9.09. The van der Waals surface area contributed by atoms with Gasteiger partial charge in [0.05, 0.1) is 17.9 Å². The number of hydrogen-bond donors (Lipinski definition) is 2. The number of aliphatic carboxylic acids is 1. The molecule has 2 N–H and O–H groups in total. The van der Waals surface area contributed by atoms with Crippen LogP contribution in [0.15, 0.2) is 12.7 Å². The first kappa shape index (κ1) is 23.2. The summed E-state index contributed by atoms with van der Waals surface area (Å²) in [6, 6.07) is -0.963. The molecule has 4 unspecified atom stereocenters. The van der Waals surface area contributed by atoms with E-state index in [0.29, 0.717) is 19.4 Å². The van der Waals surface area contributed by atoms with Crippen molar-refractivity contribution in [3.63, 3.8) is 0 Å². The summed E-state index contributed by atoms with van der Waals surface area (Å²) in [5, 5.41) is 19.2. The second-order valence-electron chi connectivity index (χ2n) is 8.53. The van der Waals surface area contributed by atoms with Gasteiger partial charge in [0, 0.05) is 30.6 Å². The van der Waals surface area contributed by atoms with Crippen molar-refractivity contribution < 1.29 is 29.3 Å². The van der Waals surface area contributed by atoms with Crippen LogP contribution in [0.3, 0.4) is 0 Å². The molecule has 2 bridgehead atoms. The molecule has 0 saturated carbocycles. The normalized spacial score (nSPS) is 35.4. The maximum atomic E-state index is 13.9. The molecule has 0 aromatic rings. The lowest BCUT2D eigenvalue weighted by atomic mass is 9.70. The van der Waals surface area contributed by atoms with Crippen LogP contribution >= 0.6 is 15.9 Å². The summed E-state index contributed by atoms with van der Waals surface area (Å²) in [5.74, 6) is -3.57. The van der Waals surface area contributed by atoms with Gasteiger partial charge in [0.15, 0.2) is 0 Å². The highest BCUT2D eigenvalue weighted by Crippen LogP contribution is 2.60. The molecule has 2 amide bonds. The Hall–Kier alpha value is -1.45. The highest BCUT2D eigenvalue weighted by Gasteiger charge is 2.76. The number of hydrogen-bond acceptors (Lipinski definition) is 5. The van der Waals surface area contributed by atoms with Crippen LogP contribution in [0.1, 0.15) is 39.5 Å². The maximum Gasteiger partial charge on any atom is 0.310 e. The number of halogens is 1. The smallest absolute Gasteiger partial charge is 0.310 e. The van der Waals surface area contributed by atoms with Crippen molar-refractivity contribution >= 4 is 33.7 Å². The van der Waals surface area contributed by atoms with E-state index >= 15 is 0 Å². The van der Waals surface area contributed by atoms with Crippen molar-refractivity contribution in [1.82, 2.24) is 9.80 Å². The van der Waals surface area contributed by atoms with Gasteiger partial charge >= 0.3 is 5.97 Å². The summed E-state index contributed by atoms with van der Waals surface area (Å²) in [6.07, 6.45) is 3.42. The minimum absolute atomic E-state index is 0.0561. The molecule has 0 aromatic carbocycles. The van der Waals surface area contributed by atoms with E-state index in [4.69, 9.17) is 4.74 Å². The molecule has 8 nitrogen and oxygen atoms in total. The molecule has 0 aromatic heterocycles. The second-order valence-corrected chi connectivity index (χ2v) is 9.70. The Kier molecular flexibility index (Phi) is 6.94. The minimum Gasteiger partial charge on any atom is -0.481 e. The van der Waals surface area contributed by atoms with Crippen LogP contribution in [-0.4, -0.2) is 86.1 Å². The summed E-state index contributed by atoms with van der Waals surface area (Å²) >= 11 is 3.53. The maximum absolute atomic E-state index is 13.9. The van der Waals surface area contributed by atoms with E-state index in [-0.39, 0.29) is 35.8 Å². The monoisotopic (exact) mass is 486 g/mol. The predicted octanol–water partition coefficient (Wildman–Crippen LogP) is 1.40. The average Bonchev–Trinajstić information content (AvgIpc) is 3.27. The van der Waals surface area contributed by atoms with E-state index in [9.17, 15) is 24.6 Å². The Labute approximate surface area is 185 Å². The molecule has 3 heterocycles. The molecule has 3 aliphatic rings. The van der Waals surface area contributed by atoms with Gasteiger partial charge in [-0.1, -0.05) is 35.4 Å². The molecule has 3 saturated heterocycles. The molecule has 3 rings (SSSR count). The van der Waals surface area contributed by atoms with E-state index in [0.717, 1.165) is 12.8 Å². The van der Waals surface area contributed by atoms with Gasteiger partial charge in [0.2, 0.25) is 11.8 Å². The zero-order chi connectivity index (χ0) is 22.2. The van der Waals surface area contributed by atoms with E-state index in [1.165, 1.54) is 4.90 Å². The summed E-state index contributed by atoms with van der Waals surface area (Å²) in [5.41, 5.74) is -1.17. The SMILES string of the molecule is C=CCN(C(=O)C1N(CCCO)C(=O)[C@@H]2[C@H](C(=O)O)[C@H]3OC12CC3Br)C(C)CCC. The Morgan fingerprint density at radius 3 is 2.77 bits per heavy atom. The topological polar surface area (TPSA) is 107 Å². The number of alkyl halides is 1. The zero-order valence-electron chi connectivity index (χ0n) is 17.5. The lowest BCUT2D eigenvalue weighted by Gasteiger charge is -2.39. The Balaban J connectivity index is 2.04. The number of rotatable bonds is 10. The van der Waals surface area contributed by atoms with Gasteiger partial charge in [-0.05, 0) is 26.2 Å². The number of amides is 2. The molecule has 30 heavy (non-hydrogen) atoms. The van der Waals surface area contributed by atoms with E-state index in [2.05, 4.69) is 22.5 Å². The minimum atomic E-state index is -1.17. The fourth-order valence-electron chi connectivity index (χ4n) is 5.53. The van der Waals surface area contributed by atoms with Gasteiger partial charge in [-0.3, -0.25) is 14.4 Å². The van der Waals surface area contributed by atoms with Crippen LogP contribution < -0.4 is 0 Å². The number of aliphatic hydroxyl groups excluding tert-OH is 1. The van der Waals surface area contributed by atoms with Crippen molar-refractivity contribution in [3.05, 3.63) is 12.7 Å². The molecule has 7 atom stereocenters. The van der Waals surface area contributed by atoms with Crippen molar-refractivity contribution in [2.75, 3.05) is 19.7 Å². The fourth-order valence-corrected chi connectivity index (χ4v) is 6.47. The van der Waals surface area contributed by atoms with Crippen LogP contribution in [0.4, 0.5) is 0 Å². The number of carbonyl (C=O) groups excluding carboxylic acids is 2. The standard InChI is InChI=1S/C21H31BrN2O6/c1-4-7-12(3)23(8-5-2)19(27)17-21-11-13(22)16(30-21)14(20(28)29)15(21)18(26)24(17)9-6-10-25/h5,12-17,25H,2,4,6-11H2,1,3H3,(H,28,29)/t12?,13?,14-,15-,16-,17?,21?/m0/s1. The molecule has 0 aliphatic carbocycles. The lowest BCUT2D eigenvalue weighted by molar-refractivity contribution is -0.151. The summed E-state index contributed by atoms with van der Waals surface area (Å²) in [6.45, 7) is 8.17. The zero-order valence-corrected chi connectivity index (χ0v) is 19.1. The highest BCUT2D eigenvalue weighted by atomic mass is 79.9. The molecule has 3 aliphatic heterocycles. The Morgan fingerprint density at radius 2 is 2.20 bits per heavy atom. The Bertz CT molecular complexity index is 718. The fraction of sp³-hybridized carbons (Fsp3) is 0.762. The Morgan fingerprint density at radius 1 is 1.50 bits per heavy atom. The summed E-state index contributed by atoms with van der Waals surface area (Å²) in [7, 11) is 0. The molecular weight excluding hydrogens is 456 g/mol. The molecular formula is C21H31BrN2O6. The van der Waals surface area contributed by atoms with Gasteiger partial charge in [0.25, 0.3) is 0 Å². The molecule has 168 valence electrons. The second kappa shape index (κ2) is 8.96. The largest absolute Gasteiger partial charge is 0.481 e. The van der Waals surface area contributed by atoms with Gasteiger partial charge in [-0.2, -0.15) is 0 Å². The van der Waals surface area contributed by atoms with Crippen LogP contribution in [0.5, 0.6) is 0 Å². The summed E-state index contributed by atoms with van der Waals surface area (Å²) < 4.78 is 6.23. The van der Waals surface area contributed by atoms with Crippen molar-refractivity contribution in [2.45, 2.75) is 68.1 Å². The van der Waals surface area contributed by atoms with Gasteiger partial charge in [-0.15, -0.1) is 6.58 Å². The number of nitrogens with zero attached hydrogens (tertiary/aromatic N) is 2. The van der Waals surface area contributed by atoms with E-state index < -0.39 is 35.6 Å². The molecule has 1 spiro atoms. The summed E-state index contributed by atoms with van der Waals surface area (Å²) in [4.78, 5) is 42.2. The third-order valence-electron chi connectivity index (χ3n) is 6.71. The lowest BCUT2D eigenvalue weighted by Crippen LogP contribution is -2.58. The van der Waals surface area contributed by atoms with Crippen LogP contribution in [-0.2, 0) is 19.1 Å². The van der Waals surface area contributed by atoms with Crippen LogP contribution in [0, 0.1) is 11.8 Å². The number of aliphatic hydroxyl groups is 1. The average molecular weight is 487 g/mol. The number of likely N-dealkylation sites (tertiary alicyclic amines) is 1. The number of carboxylic acid groups (broad SMARTS) is 1.